The molecule has 1 atom stereocenters. The van der Waals surface area contributed by atoms with Gasteiger partial charge in [-0.25, -0.2) is 0 Å². The van der Waals surface area contributed by atoms with Crippen molar-refractivity contribution in [3.05, 3.63) is 64.1 Å². The van der Waals surface area contributed by atoms with Gasteiger partial charge in [0.2, 0.25) is 0 Å². The first-order valence-electron chi connectivity index (χ1n) is 7.04. The standard InChI is InChI=1S/C17H14Cl2N2O2/c1-23-17(22)15-10-21(14-8-6-13(19)7-9-14)20-16(15)11-2-4-12(18)5-3-11/h2-9,15H,10H2,1H3. The summed E-state index contributed by atoms with van der Waals surface area (Å²) in [7, 11) is 1.38. The Kier molecular flexibility index (Phi) is 4.55. The van der Waals surface area contributed by atoms with Crippen LogP contribution < -0.4 is 5.01 Å². The lowest BCUT2D eigenvalue weighted by Gasteiger charge is -2.15. The van der Waals surface area contributed by atoms with Gasteiger partial charge in [-0.2, -0.15) is 5.10 Å². The van der Waals surface area contributed by atoms with Crippen molar-refractivity contribution in [2.24, 2.45) is 11.0 Å². The predicted molar refractivity (Wildman–Crippen MR) is 92.3 cm³/mol. The quantitative estimate of drug-likeness (QED) is 0.787. The molecule has 0 saturated carbocycles. The molecule has 1 heterocycles. The van der Waals surface area contributed by atoms with Crippen LogP contribution in [-0.4, -0.2) is 25.3 Å². The second kappa shape index (κ2) is 6.60. The highest BCUT2D eigenvalue weighted by Crippen LogP contribution is 2.27. The van der Waals surface area contributed by atoms with Crippen LogP contribution in [0.15, 0.2) is 53.6 Å². The summed E-state index contributed by atoms with van der Waals surface area (Å²) in [6.07, 6.45) is 0. The molecule has 2 aromatic carbocycles. The molecule has 1 unspecified atom stereocenters. The molecule has 23 heavy (non-hydrogen) atoms. The first-order valence-corrected chi connectivity index (χ1v) is 7.79. The number of methoxy groups -OCH3 is 1. The number of anilines is 1. The average molecular weight is 349 g/mol. The predicted octanol–water partition coefficient (Wildman–Crippen LogP) is 4.01. The fourth-order valence-electron chi connectivity index (χ4n) is 2.48. The fourth-order valence-corrected chi connectivity index (χ4v) is 2.74. The van der Waals surface area contributed by atoms with E-state index < -0.39 is 5.92 Å². The molecular formula is C17H14Cl2N2O2. The van der Waals surface area contributed by atoms with Gasteiger partial charge in [-0.15, -0.1) is 0 Å². The molecule has 0 bridgehead atoms. The van der Waals surface area contributed by atoms with E-state index in [2.05, 4.69) is 5.10 Å². The third-order valence-corrected chi connectivity index (χ3v) is 4.17. The lowest BCUT2D eigenvalue weighted by atomic mass is 9.97. The van der Waals surface area contributed by atoms with Crippen LogP contribution in [0.5, 0.6) is 0 Å². The number of halogens is 2. The number of carbonyl (C=O) groups excluding carboxylic acids is 1. The Morgan fingerprint density at radius 3 is 2.22 bits per heavy atom. The third-order valence-electron chi connectivity index (χ3n) is 3.66. The number of hydrogen-bond acceptors (Lipinski definition) is 4. The van der Waals surface area contributed by atoms with E-state index >= 15 is 0 Å². The Balaban J connectivity index is 1.97. The number of esters is 1. The molecule has 0 radical (unpaired) electrons. The molecule has 4 nitrogen and oxygen atoms in total. The summed E-state index contributed by atoms with van der Waals surface area (Å²) >= 11 is 11.8. The largest absolute Gasteiger partial charge is 0.468 e. The van der Waals surface area contributed by atoms with E-state index in [0.29, 0.717) is 22.3 Å². The van der Waals surface area contributed by atoms with E-state index in [0.717, 1.165) is 11.3 Å². The van der Waals surface area contributed by atoms with Crippen molar-refractivity contribution in [1.82, 2.24) is 0 Å². The molecule has 0 aromatic heterocycles. The van der Waals surface area contributed by atoms with Crippen LogP contribution in [0.25, 0.3) is 0 Å². The SMILES string of the molecule is COC(=O)C1CN(c2ccc(Cl)cc2)N=C1c1ccc(Cl)cc1. The first-order chi connectivity index (χ1) is 11.1. The molecule has 118 valence electrons. The maximum Gasteiger partial charge on any atom is 0.316 e. The van der Waals surface area contributed by atoms with Crippen LogP contribution in [0.1, 0.15) is 5.56 Å². The molecule has 2 aromatic rings. The zero-order chi connectivity index (χ0) is 16.4. The van der Waals surface area contributed by atoms with Crippen LogP contribution in [0.4, 0.5) is 5.69 Å². The van der Waals surface area contributed by atoms with Gasteiger partial charge in [0.05, 0.1) is 25.1 Å². The van der Waals surface area contributed by atoms with Crippen LogP contribution in [0.3, 0.4) is 0 Å². The van der Waals surface area contributed by atoms with E-state index in [1.54, 1.807) is 29.3 Å². The van der Waals surface area contributed by atoms with Crippen molar-refractivity contribution in [1.29, 1.82) is 0 Å². The second-order valence-corrected chi connectivity index (χ2v) is 6.00. The van der Waals surface area contributed by atoms with Crippen molar-refractivity contribution in [2.45, 2.75) is 0 Å². The van der Waals surface area contributed by atoms with E-state index in [4.69, 9.17) is 27.9 Å². The minimum Gasteiger partial charge on any atom is -0.468 e. The lowest BCUT2D eigenvalue weighted by Crippen LogP contribution is -2.28. The van der Waals surface area contributed by atoms with Gasteiger partial charge >= 0.3 is 5.97 Å². The van der Waals surface area contributed by atoms with Crippen molar-refractivity contribution in [3.63, 3.8) is 0 Å². The van der Waals surface area contributed by atoms with E-state index in [9.17, 15) is 4.79 Å². The first kappa shape index (κ1) is 15.8. The van der Waals surface area contributed by atoms with E-state index in [1.807, 2.05) is 24.3 Å². The Morgan fingerprint density at radius 2 is 1.65 bits per heavy atom. The number of ether oxygens (including phenoxy) is 1. The highest BCUT2D eigenvalue weighted by Gasteiger charge is 2.34. The summed E-state index contributed by atoms with van der Waals surface area (Å²) in [5.74, 6) is -0.757. The minimum atomic E-state index is -0.447. The van der Waals surface area contributed by atoms with Crippen molar-refractivity contribution in [2.75, 3.05) is 18.7 Å². The monoisotopic (exact) mass is 348 g/mol. The van der Waals surface area contributed by atoms with Gasteiger partial charge in [-0.1, -0.05) is 35.3 Å². The summed E-state index contributed by atoms with van der Waals surface area (Å²) in [6, 6.07) is 14.6. The second-order valence-electron chi connectivity index (χ2n) is 5.13. The zero-order valence-electron chi connectivity index (χ0n) is 12.4. The molecule has 1 aliphatic heterocycles. The number of nitrogens with zero attached hydrogens (tertiary/aromatic N) is 2. The topological polar surface area (TPSA) is 41.9 Å². The van der Waals surface area contributed by atoms with Crippen molar-refractivity contribution >= 4 is 40.6 Å². The highest BCUT2D eigenvalue weighted by molar-refractivity contribution is 6.31. The van der Waals surface area contributed by atoms with Gasteiger partial charge in [0.25, 0.3) is 0 Å². The summed E-state index contributed by atoms with van der Waals surface area (Å²) in [5.41, 5.74) is 2.39. The summed E-state index contributed by atoms with van der Waals surface area (Å²) in [5, 5.41) is 7.67. The van der Waals surface area contributed by atoms with E-state index in [1.165, 1.54) is 7.11 Å². The van der Waals surface area contributed by atoms with Gasteiger partial charge in [0.15, 0.2) is 0 Å². The lowest BCUT2D eigenvalue weighted by molar-refractivity contribution is -0.142. The molecule has 0 saturated heterocycles. The smallest absolute Gasteiger partial charge is 0.316 e. The number of benzene rings is 2. The van der Waals surface area contributed by atoms with Crippen LogP contribution in [0, 0.1) is 5.92 Å². The fraction of sp³-hybridized carbons (Fsp3) is 0.176. The molecule has 1 aliphatic rings. The molecular weight excluding hydrogens is 335 g/mol. The molecule has 0 amide bonds. The van der Waals surface area contributed by atoms with Crippen molar-refractivity contribution < 1.29 is 9.53 Å². The Labute approximate surface area is 144 Å². The normalized spacial score (nSPS) is 17.1. The average Bonchev–Trinajstić information content (AvgIpc) is 3.00. The Hall–Kier alpha value is -2.04. The number of hydrogen-bond donors (Lipinski definition) is 0. The van der Waals surface area contributed by atoms with Crippen molar-refractivity contribution in [3.8, 4) is 0 Å². The maximum absolute atomic E-state index is 12.1. The molecule has 0 N–H and O–H groups in total. The molecule has 0 fully saturated rings. The van der Waals surface area contributed by atoms with Gasteiger partial charge in [-0.3, -0.25) is 9.80 Å². The van der Waals surface area contributed by atoms with Crippen LogP contribution >= 0.6 is 23.2 Å². The molecule has 6 heteroatoms. The summed E-state index contributed by atoms with van der Waals surface area (Å²) in [6.45, 7) is 0.423. The summed E-state index contributed by atoms with van der Waals surface area (Å²) in [4.78, 5) is 12.1. The molecule has 3 rings (SSSR count). The van der Waals surface area contributed by atoms with Crippen LogP contribution in [-0.2, 0) is 9.53 Å². The van der Waals surface area contributed by atoms with Gasteiger partial charge in [0.1, 0.15) is 5.92 Å². The van der Waals surface area contributed by atoms with E-state index in [-0.39, 0.29) is 5.97 Å². The molecule has 0 aliphatic carbocycles. The number of carbonyl (C=O) groups is 1. The minimum absolute atomic E-state index is 0.310. The van der Waals surface area contributed by atoms with Gasteiger partial charge in [0, 0.05) is 10.0 Å². The zero-order valence-corrected chi connectivity index (χ0v) is 13.9. The molecule has 0 spiro atoms. The number of rotatable bonds is 3. The Morgan fingerprint density at radius 1 is 1.09 bits per heavy atom. The van der Waals surface area contributed by atoms with Gasteiger partial charge < -0.3 is 4.74 Å². The summed E-state index contributed by atoms with van der Waals surface area (Å²) < 4.78 is 4.92. The van der Waals surface area contributed by atoms with Crippen LogP contribution in [0.2, 0.25) is 10.0 Å². The number of hydrazone groups is 1. The maximum atomic E-state index is 12.1. The highest BCUT2D eigenvalue weighted by atomic mass is 35.5. The third kappa shape index (κ3) is 3.33. The Bertz CT molecular complexity index is 742. The van der Waals surface area contributed by atoms with Gasteiger partial charge in [-0.05, 0) is 42.0 Å².